The number of benzene rings is 1. The van der Waals surface area contributed by atoms with E-state index < -0.39 is 0 Å². The summed E-state index contributed by atoms with van der Waals surface area (Å²) in [6.07, 6.45) is 4.19. The normalized spacial score (nSPS) is 26.0. The number of halogens is 1. The first-order chi connectivity index (χ1) is 15.7. The molecule has 2 heterocycles. The lowest BCUT2D eigenvalue weighted by Gasteiger charge is -2.39. The zero-order chi connectivity index (χ0) is 23.8. The molecule has 1 aliphatic carbocycles. The Kier molecular flexibility index (Phi) is 7.20. The summed E-state index contributed by atoms with van der Waals surface area (Å²) in [5.74, 6) is 1.07. The number of carbonyl (C=O) groups is 1. The van der Waals surface area contributed by atoms with Gasteiger partial charge in [0.15, 0.2) is 0 Å². The van der Waals surface area contributed by atoms with Gasteiger partial charge in [0.1, 0.15) is 5.84 Å². The minimum atomic E-state index is -0.191. The van der Waals surface area contributed by atoms with Crippen molar-refractivity contribution in [1.82, 2.24) is 20.4 Å². The summed E-state index contributed by atoms with van der Waals surface area (Å²) in [6.45, 7) is 9.42. The highest BCUT2D eigenvalue weighted by atomic mass is 79.9. The highest BCUT2D eigenvalue weighted by molar-refractivity contribution is 9.10. The van der Waals surface area contributed by atoms with Crippen molar-refractivity contribution in [3.8, 4) is 0 Å². The van der Waals surface area contributed by atoms with Crippen LogP contribution in [-0.2, 0) is 4.79 Å². The molecule has 0 unspecified atom stereocenters. The molecule has 2 fully saturated rings. The van der Waals surface area contributed by atoms with Crippen LogP contribution in [0.1, 0.15) is 57.9 Å². The van der Waals surface area contributed by atoms with Crippen LogP contribution < -0.4 is 10.6 Å². The molecule has 0 saturated carbocycles. The van der Waals surface area contributed by atoms with Crippen molar-refractivity contribution in [3.63, 3.8) is 0 Å². The molecule has 1 aromatic carbocycles. The molecular formula is C26H38BrN5O. The molecule has 2 saturated heterocycles. The minimum Gasteiger partial charge on any atom is -0.391 e. The van der Waals surface area contributed by atoms with E-state index in [1.807, 2.05) is 24.1 Å². The molecule has 33 heavy (non-hydrogen) atoms. The van der Waals surface area contributed by atoms with Gasteiger partial charge in [0.25, 0.3) is 0 Å². The van der Waals surface area contributed by atoms with E-state index in [1.54, 1.807) is 0 Å². The Morgan fingerprint density at radius 1 is 1.21 bits per heavy atom. The highest BCUT2D eigenvalue weighted by Gasteiger charge is 2.41. The number of allylic oxidation sites excluding steroid dienone is 1. The van der Waals surface area contributed by atoms with E-state index in [0.717, 1.165) is 41.3 Å². The highest BCUT2D eigenvalue weighted by Crippen LogP contribution is 2.35. The fraction of sp³-hybridized carbons (Fsp3) is 0.615. The second-order valence-corrected chi connectivity index (χ2v) is 11.4. The van der Waals surface area contributed by atoms with E-state index in [2.05, 4.69) is 64.4 Å². The van der Waals surface area contributed by atoms with Gasteiger partial charge in [-0.25, -0.2) is 0 Å². The average Bonchev–Trinajstić information content (AvgIpc) is 3.34. The van der Waals surface area contributed by atoms with Crippen molar-refractivity contribution < 1.29 is 4.79 Å². The first-order valence-electron chi connectivity index (χ1n) is 12.3. The number of amidine groups is 1. The van der Waals surface area contributed by atoms with Gasteiger partial charge < -0.3 is 20.4 Å². The van der Waals surface area contributed by atoms with Crippen molar-refractivity contribution in [2.45, 2.75) is 64.0 Å². The van der Waals surface area contributed by atoms with Crippen LogP contribution in [0.5, 0.6) is 0 Å². The van der Waals surface area contributed by atoms with Crippen LogP contribution in [0.4, 0.5) is 0 Å². The van der Waals surface area contributed by atoms with Gasteiger partial charge in [-0.1, -0.05) is 35.0 Å². The topological polar surface area (TPSA) is 71.5 Å². The summed E-state index contributed by atoms with van der Waals surface area (Å²) in [5.41, 5.74) is 3.49. The Balaban J connectivity index is 1.48. The lowest BCUT2D eigenvalue weighted by atomic mass is 9.88. The lowest BCUT2D eigenvalue weighted by molar-refractivity contribution is -0.134. The second kappa shape index (κ2) is 9.79. The number of hydrogen-bond acceptors (Lipinski definition) is 4. The van der Waals surface area contributed by atoms with Crippen LogP contribution in [0.15, 0.2) is 40.0 Å². The van der Waals surface area contributed by atoms with Crippen LogP contribution in [0, 0.1) is 11.3 Å². The van der Waals surface area contributed by atoms with Crippen molar-refractivity contribution >= 4 is 27.7 Å². The van der Waals surface area contributed by atoms with Crippen molar-refractivity contribution in [1.29, 1.82) is 5.41 Å². The molecule has 6 nitrogen and oxygen atoms in total. The third-order valence-electron chi connectivity index (χ3n) is 7.64. The van der Waals surface area contributed by atoms with Crippen molar-refractivity contribution in [2.75, 3.05) is 33.2 Å². The predicted octanol–water partition coefficient (Wildman–Crippen LogP) is 4.09. The molecule has 0 bridgehead atoms. The van der Waals surface area contributed by atoms with Gasteiger partial charge in [-0.3, -0.25) is 10.2 Å². The summed E-state index contributed by atoms with van der Waals surface area (Å²) >= 11 is 3.59. The van der Waals surface area contributed by atoms with Crippen LogP contribution in [0.2, 0.25) is 0 Å². The lowest BCUT2D eigenvalue weighted by Crippen LogP contribution is -2.54. The van der Waals surface area contributed by atoms with Crippen LogP contribution in [-0.4, -0.2) is 66.4 Å². The van der Waals surface area contributed by atoms with E-state index in [1.165, 1.54) is 5.70 Å². The molecule has 3 N–H and O–H groups in total. The summed E-state index contributed by atoms with van der Waals surface area (Å²) < 4.78 is 1.01. The number of hydrogen-bond donors (Lipinski definition) is 3. The predicted molar refractivity (Wildman–Crippen MR) is 137 cm³/mol. The summed E-state index contributed by atoms with van der Waals surface area (Å²) in [4.78, 5) is 18.0. The molecule has 1 amide bonds. The van der Waals surface area contributed by atoms with E-state index in [9.17, 15) is 4.79 Å². The summed E-state index contributed by atoms with van der Waals surface area (Å²) in [7, 11) is 1.96. The monoisotopic (exact) mass is 515 g/mol. The molecule has 1 aromatic rings. The number of carbonyl (C=O) groups excluding carboxylic acids is 1. The quantitative estimate of drug-likeness (QED) is 0.408. The zero-order valence-corrected chi connectivity index (χ0v) is 22.0. The summed E-state index contributed by atoms with van der Waals surface area (Å²) in [5, 5.41) is 15.9. The average molecular weight is 517 g/mol. The molecule has 0 spiro atoms. The maximum Gasteiger partial charge on any atom is 0.231 e. The van der Waals surface area contributed by atoms with Crippen LogP contribution >= 0.6 is 15.9 Å². The van der Waals surface area contributed by atoms with Crippen molar-refractivity contribution in [3.05, 3.63) is 45.6 Å². The molecule has 3 atom stereocenters. The zero-order valence-electron chi connectivity index (χ0n) is 20.4. The fourth-order valence-electron chi connectivity index (χ4n) is 5.75. The van der Waals surface area contributed by atoms with Gasteiger partial charge in [0, 0.05) is 60.6 Å². The number of piperazine rings is 1. The van der Waals surface area contributed by atoms with Gasteiger partial charge in [0.2, 0.25) is 5.91 Å². The molecule has 180 valence electrons. The molecule has 3 aliphatic rings. The largest absolute Gasteiger partial charge is 0.391 e. The van der Waals surface area contributed by atoms with Gasteiger partial charge in [0.05, 0.1) is 5.92 Å². The summed E-state index contributed by atoms with van der Waals surface area (Å²) in [6, 6.07) is 8.35. The van der Waals surface area contributed by atoms with Crippen molar-refractivity contribution in [2.24, 2.45) is 5.92 Å². The Bertz CT molecular complexity index is 934. The van der Waals surface area contributed by atoms with Crippen LogP contribution in [0.3, 0.4) is 0 Å². The maximum atomic E-state index is 13.9. The fourth-order valence-corrected chi connectivity index (χ4v) is 6.17. The Labute approximate surface area is 206 Å². The molecule has 7 heteroatoms. The number of rotatable bonds is 5. The first-order valence-corrected chi connectivity index (χ1v) is 13.1. The van der Waals surface area contributed by atoms with Gasteiger partial charge in [-0.15, -0.1) is 0 Å². The number of nitrogens with one attached hydrogen (secondary N) is 3. The third-order valence-corrected chi connectivity index (χ3v) is 8.14. The molecule has 4 rings (SSSR count). The van der Waals surface area contributed by atoms with E-state index >= 15 is 0 Å². The van der Waals surface area contributed by atoms with E-state index in [0.29, 0.717) is 37.9 Å². The maximum absolute atomic E-state index is 13.9. The second-order valence-electron chi connectivity index (χ2n) is 10.4. The SMILES string of the molecule is CNC1=C(C(=N)N2CCN(C(=O)[C@@H](c3cccc(Br)c3)[C@@H]3CCC(C)(C)N3)CC2)[C@H](C)CC1. The van der Waals surface area contributed by atoms with E-state index in [-0.39, 0.29) is 23.4 Å². The van der Waals surface area contributed by atoms with Gasteiger partial charge in [-0.05, 0) is 63.1 Å². The minimum absolute atomic E-state index is 0.0553. The first kappa shape index (κ1) is 24.3. The Morgan fingerprint density at radius 2 is 1.91 bits per heavy atom. The van der Waals surface area contributed by atoms with Crippen LogP contribution in [0.25, 0.3) is 0 Å². The Hall–Kier alpha value is -1.86. The standard InChI is InChI=1S/C26H38BrN5O/c1-17-8-9-20(29-4)22(17)24(28)31-12-14-32(15-13-31)25(33)23(18-6-5-7-19(27)16-18)21-10-11-26(2,3)30-21/h5-7,16-17,21,23,28-30H,8-15H2,1-4H3/t17-,21+,23+/m1/s1. The van der Waals surface area contributed by atoms with Gasteiger partial charge in [-0.2, -0.15) is 0 Å². The third kappa shape index (κ3) is 5.14. The number of nitrogens with zero attached hydrogens (tertiary/aromatic N) is 2. The molecular weight excluding hydrogens is 478 g/mol. The Morgan fingerprint density at radius 3 is 2.52 bits per heavy atom. The molecule has 0 aromatic heterocycles. The van der Waals surface area contributed by atoms with Gasteiger partial charge >= 0.3 is 0 Å². The molecule has 2 aliphatic heterocycles. The smallest absolute Gasteiger partial charge is 0.231 e. The number of amides is 1. The van der Waals surface area contributed by atoms with E-state index in [4.69, 9.17) is 5.41 Å². The molecule has 0 radical (unpaired) electrons.